The molecule has 4 bridgehead atoms. The summed E-state index contributed by atoms with van der Waals surface area (Å²) in [5.41, 5.74) is -14.2. The lowest BCUT2D eigenvalue weighted by Crippen LogP contribution is -2.97. The van der Waals surface area contributed by atoms with Crippen molar-refractivity contribution >= 4 is 23.9 Å². The van der Waals surface area contributed by atoms with Gasteiger partial charge in [-0.2, -0.15) is 0 Å². The van der Waals surface area contributed by atoms with Crippen molar-refractivity contribution in [3.8, 4) is 0 Å². The van der Waals surface area contributed by atoms with Gasteiger partial charge in [-0.15, -0.1) is 0 Å². The highest BCUT2D eigenvalue weighted by Crippen LogP contribution is 2.87. The van der Waals surface area contributed by atoms with Crippen LogP contribution in [0.15, 0.2) is 23.0 Å². The van der Waals surface area contributed by atoms with Crippen molar-refractivity contribution in [2.75, 3.05) is 6.61 Å². The quantitative estimate of drug-likeness (QED) is 0.237. The molecule has 1 aromatic heterocycles. The molecule has 15 atom stereocenters. The molecule has 0 unspecified atom stereocenters. The molecule has 4 heterocycles. The summed E-state index contributed by atoms with van der Waals surface area (Å²) in [5, 5.41) is 52.3. The van der Waals surface area contributed by atoms with E-state index in [4.69, 9.17) is 32.8 Å². The van der Waals surface area contributed by atoms with Crippen molar-refractivity contribution in [2.24, 2.45) is 28.1 Å². The van der Waals surface area contributed by atoms with E-state index in [9.17, 15) is 39.6 Å². The van der Waals surface area contributed by atoms with Crippen LogP contribution >= 0.6 is 0 Å². The third-order valence-electron chi connectivity index (χ3n) is 14.0. The van der Waals surface area contributed by atoms with Gasteiger partial charge in [-0.1, -0.05) is 20.8 Å². The molecular formula is C34H42O15. The van der Waals surface area contributed by atoms with Crippen LogP contribution in [0, 0.1) is 28.1 Å². The lowest BCUT2D eigenvalue weighted by molar-refractivity contribution is -0.450. The Labute approximate surface area is 281 Å². The maximum atomic E-state index is 13.8. The minimum Gasteiger partial charge on any atom is -0.472 e. The first-order valence-electron chi connectivity index (χ1n) is 16.7. The van der Waals surface area contributed by atoms with Crippen LogP contribution in [-0.2, 0) is 47.6 Å². The number of furan rings is 1. The fourth-order valence-corrected chi connectivity index (χ4v) is 12.6. The van der Waals surface area contributed by atoms with Crippen molar-refractivity contribution in [3.63, 3.8) is 0 Å². The number of carbonyl (C=O) groups excluding carboxylic acids is 4. The van der Waals surface area contributed by atoms with Crippen LogP contribution in [0.4, 0.5) is 0 Å². The fourth-order valence-electron chi connectivity index (χ4n) is 12.6. The fraction of sp³-hybridized carbons (Fsp3) is 0.765. The van der Waals surface area contributed by atoms with Crippen molar-refractivity contribution in [3.05, 3.63) is 24.2 Å². The molecule has 7 fully saturated rings. The Morgan fingerprint density at radius 3 is 2.35 bits per heavy atom. The predicted octanol–water partition coefficient (Wildman–Crippen LogP) is 0.588. The van der Waals surface area contributed by atoms with E-state index in [1.807, 2.05) is 0 Å². The van der Waals surface area contributed by atoms with E-state index in [0.29, 0.717) is 5.56 Å². The Balaban J connectivity index is 1.49. The maximum Gasteiger partial charge on any atom is 0.306 e. The summed E-state index contributed by atoms with van der Waals surface area (Å²) in [4.78, 5) is 52.0. The summed E-state index contributed by atoms with van der Waals surface area (Å²) in [6.45, 7) is 7.87. The van der Waals surface area contributed by atoms with Crippen LogP contribution in [0.1, 0.15) is 78.9 Å². The lowest BCUT2D eigenvalue weighted by Gasteiger charge is -2.77. The maximum absolute atomic E-state index is 13.8. The summed E-state index contributed by atoms with van der Waals surface area (Å²) in [6, 6.07) is 1.55. The van der Waals surface area contributed by atoms with E-state index < -0.39 is 117 Å². The van der Waals surface area contributed by atoms with E-state index in [-0.39, 0.29) is 25.7 Å². The molecule has 2 spiro atoms. The van der Waals surface area contributed by atoms with Crippen LogP contribution in [0.5, 0.6) is 0 Å². The van der Waals surface area contributed by atoms with Crippen LogP contribution < -0.4 is 0 Å². The van der Waals surface area contributed by atoms with Gasteiger partial charge >= 0.3 is 23.9 Å². The number of aliphatic hydroxyl groups excluding tert-OH is 2. The Morgan fingerprint density at radius 2 is 1.76 bits per heavy atom. The van der Waals surface area contributed by atoms with Gasteiger partial charge in [0.05, 0.1) is 24.0 Å². The molecule has 7 aliphatic rings. The summed E-state index contributed by atoms with van der Waals surface area (Å²) >= 11 is 0. The molecule has 4 N–H and O–H groups in total. The van der Waals surface area contributed by atoms with Crippen molar-refractivity contribution in [1.82, 2.24) is 0 Å². The van der Waals surface area contributed by atoms with Gasteiger partial charge in [0.25, 0.3) is 0 Å². The van der Waals surface area contributed by atoms with Crippen molar-refractivity contribution in [2.45, 2.75) is 126 Å². The molecule has 15 nitrogen and oxygen atoms in total. The molecule has 3 aliphatic heterocycles. The average Bonchev–Trinajstić information content (AvgIpc) is 3.82. The predicted molar refractivity (Wildman–Crippen MR) is 157 cm³/mol. The average molecular weight is 691 g/mol. The zero-order chi connectivity index (χ0) is 35.5. The number of cyclic esters (lactones) is 1. The van der Waals surface area contributed by atoms with Gasteiger partial charge in [-0.05, 0) is 24.8 Å². The highest BCUT2D eigenvalue weighted by molar-refractivity contribution is 5.74. The van der Waals surface area contributed by atoms with E-state index >= 15 is 0 Å². The number of aliphatic hydroxyl groups is 4. The van der Waals surface area contributed by atoms with E-state index in [2.05, 4.69) is 0 Å². The topological polar surface area (TPSA) is 218 Å². The second kappa shape index (κ2) is 9.42. The van der Waals surface area contributed by atoms with Crippen molar-refractivity contribution in [1.29, 1.82) is 0 Å². The highest BCUT2D eigenvalue weighted by Gasteiger charge is 3.04. The summed E-state index contributed by atoms with van der Waals surface area (Å²) < 4.78 is 43.0. The van der Waals surface area contributed by atoms with E-state index in [1.165, 1.54) is 26.4 Å². The molecule has 49 heavy (non-hydrogen) atoms. The molecule has 4 aliphatic carbocycles. The normalized spacial score (nSPS) is 53.3. The number of hydrogen-bond donors (Lipinski definition) is 4. The third-order valence-corrected chi connectivity index (χ3v) is 14.0. The minimum atomic E-state index is -2.67. The molecule has 268 valence electrons. The molecule has 8 rings (SSSR count). The number of fused-ring (bicyclic) bond motifs is 4. The summed E-state index contributed by atoms with van der Waals surface area (Å²) in [7, 11) is 0. The van der Waals surface area contributed by atoms with Gasteiger partial charge < -0.3 is 53.3 Å². The van der Waals surface area contributed by atoms with Crippen LogP contribution in [0.2, 0.25) is 0 Å². The zero-order valence-electron chi connectivity index (χ0n) is 28.1. The van der Waals surface area contributed by atoms with Crippen LogP contribution in [-0.4, -0.2) is 104 Å². The molecule has 3 saturated heterocycles. The Kier molecular flexibility index (Phi) is 6.36. The Bertz CT molecular complexity index is 1660. The minimum absolute atomic E-state index is 0.0111. The van der Waals surface area contributed by atoms with Gasteiger partial charge in [0.2, 0.25) is 5.60 Å². The second-order valence-corrected chi connectivity index (χ2v) is 15.8. The molecule has 0 amide bonds. The first kappa shape index (κ1) is 33.1. The Hall–Kier alpha value is -3.08. The van der Waals surface area contributed by atoms with E-state index in [0.717, 1.165) is 6.92 Å². The SMILES string of the molecule is CC[C@@]12C[C@@H]3[C@](C)([C@@H](OC(C)=O)c4ccoc4)[C@@H](O)[C@@H](O)[C@@]4(O)[C@]3(O1)[C@H](O2)[C@@]1(OC(C)=O)[C@@H](OC(C)=O)[C@@]2(C)C[C@@]1(O)[C@]41COC(=O)C[C@@H]21. The third kappa shape index (κ3) is 3.16. The molecule has 4 saturated carbocycles. The molecule has 1 aromatic rings. The summed E-state index contributed by atoms with van der Waals surface area (Å²) in [6.07, 6.45) is -6.15. The first-order chi connectivity index (χ1) is 22.8. The lowest BCUT2D eigenvalue weighted by atomic mass is 9.32. The van der Waals surface area contributed by atoms with Crippen molar-refractivity contribution < 1.29 is 72.4 Å². The molecule has 15 heteroatoms. The standard InChI is InChI=1S/C34H42O15/c1-7-29-11-20-28(6,24(45-15(2)35)18-8-9-43-12-18)22(39)23(40)34(42)30-14-44-21(38)10-19(30)27(5)13-31(30,41)33(47-17(4)37,25(27)46-16(3)36)26(48-29)32(20,34)49-29/h8-9,12,19-20,22-26,39-42H,7,10-11,13-14H2,1-6H3/t19-,20+,22-,23+,24-,25-,26-,27-,28-,29-,30+,31+,32+,33-,34-/m0/s1. The number of carbonyl (C=O) groups is 4. The Morgan fingerprint density at radius 1 is 1.04 bits per heavy atom. The zero-order valence-corrected chi connectivity index (χ0v) is 28.1. The van der Waals surface area contributed by atoms with Gasteiger partial charge in [-0.25, -0.2) is 0 Å². The highest BCUT2D eigenvalue weighted by atomic mass is 16.8. The molecule has 0 radical (unpaired) electrons. The smallest absolute Gasteiger partial charge is 0.306 e. The second-order valence-electron chi connectivity index (χ2n) is 15.8. The molecule has 0 aromatic carbocycles. The van der Waals surface area contributed by atoms with Crippen LogP contribution in [0.3, 0.4) is 0 Å². The summed E-state index contributed by atoms with van der Waals surface area (Å²) in [5.74, 6) is -6.68. The number of rotatable bonds is 6. The van der Waals surface area contributed by atoms with Gasteiger partial charge in [-0.3, -0.25) is 19.2 Å². The number of esters is 4. The van der Waals surface area contributed by atoms with Gasteiger partial charge in [0.1, 0.15) is 41.7 Å². The van der Waals surface area contributed by atoms with E-state index in [1.54, 1.807) is 26.8 Å². The largest absolute Gasteiger partial charge is 0.472 e. The monoisotopic (exact) mass is 690 g/mol. The number of ether oxygens (including phenoxy) is 6. The van der Waals surface area contributed by atoms with Crippen LogP contribution in [0.25, 0.3) is 0 Å². The van der Waals surface area contributed by atoms with Gasteiger partial charge in [0.15, 0.2) is 11.9 Å². The first-order valence-corrected chi connectivity index (χ1v) is 16.7. The number of hydrogen-bond acceptors (Lipinski definition) is 15. The van der Waals surface area contributed by atoms with Gasteiger partial charge in [0, 0.05) is 55.9 Å². The molecular weight excluding hydrogens is 648 g/mol.